The van der Waals surface area contributed by atoms with E-state index in [1.807, 2.05) is 48.5 Å². The molecule has 0 aromatic heterocycles. The summed E-state index contributed by atoms with van der Waals surface area (Å²) >= 11 is 0. The quantitative estimate of drug-likeness (QED) is 0.668. The number of carboxylic acids is 1. The number of rotatable bonds is 5. The number of carbonyl (C=O) groups excluding carboxylic acids is 2. The molecule has 1 saturated carbocycles. The topological polar surface area (TPSA) is 95.9 Å². The minimum atomic E-state index is -5.07. The van der Waals surface area contributed by atoms with Crippen molar-refractivity contribution in [3.63, 3.8) is 0 Å². The second-order valence-electron chi connectivity index (χ2n) is 9.42. The monoisotopic (exact) mass is 488 g/mol. The number of carboxylic acid groups (broad SMARTS) is 1. The smallest absolute Gasteiger partial charge is 0.417 e. The number of hydrogen-bond donors (Lipinski definition) is 2. The number of benzene rings is 2. The summed E-state index contributed by atoms with van der Waals surface area (Å²) in [6.45, 7) is -0.582. The largest absolute Gasteiger partial charge is 0.481 e. The van der Waals surface area contributed by atoms with Crippen molar-refractivity contribution >= 4 is 18.0 Å². The molecule has 2 aromatic rings. The number of nitrogens with one attached hydrogen (secondary N) is 1. The summed E-state index contributed by atoms with van der Waals surface area (Å²) in [5, 5.41) is 11.1. The molecule has 2 aliphatic carbocycles. The van der Waals surface area contributed by atoms with Crippen molar-refractivity contribution in [1.29, 1.82) is 0 Å². The molecule has 1 heterocycles. The first-order valence-electron chi connectivity index (χ1n) is 11.3. The van der Waals surface area contributed by atoms with Crippen LogP contribution in [0.15, 0.2) is 48.5 Å². The zero-order valence-electron chi connectivity index (χ0n) is 18.5. The Morgan fingerprint density at radius 3 is 2.11 bits per heavy atom. The Balaban J connectivity index is 1.27. The number of alkyl carbamates (subject to hydrolysis) is 1. The van der Waals surface area contributed by atoms with Crippen molar-refractivity contribution in [2.24, 2.45) is 11.3 Å². The molecule has 0 bridgehead atoms. The van der Waals surface area contributed by atoms with E-state index in [4.69, 9.17) is 4.74 Å². The summed E-state index contributed by atoms with van der Waals surface area (Å²) in [6.07, 6.45) is -5.34. The molecule has 1 spiro atoms. The van der Waals surface area contributed by atoms with Gasteiger partial charge in [-0.05, 0) is 35.1 Å². The fraction of sp³-hybridized carbons (Fsp3) is 0.400. The number of nitrogens with zero attached hydrogens (tertiary/aromatic N) is 1. The molecule has 10 heteroatoms. The van der Waals surface area contributed by atoms with Gasteiger partial charge in [-0.25, -0.2) is 4.79 Å². The van der Waals surface area contributed by atoms with Crippen molar-refractivity contribution in [2.75, 3.05) is 19.7 Å². The molecule has 2 aromatic carbocycles. The third-order valence-electron chi connectivity index (χ3n) is 7.33. The van der Waals surface area contributed by atoms with Crippen LogP contribution in [-0.2, 0) is 14.3 Å². The highest BCUT2D eigenvalue weighted by molar-refractivity contribution is 5.88. The summed E-state index contributed by atoms with van der Waals surface area (Å²) in [6, 6.07) is 12.2. The second-order valence-corrected chi connectivity index (χ2v) is 9.42. The number of amides is 2. The molecular formula is C25H23F3N2O5. The molecule has 2 fully saturated rings. The number of carbonyl (C=O) groups is 3. The van der Waals surface area contributed by atoms with E-state index in [0.717, 1.165) is 27.2 Å². The van der Waals surface area contributed by atoms with Crippen LogP contribution in [0.25, 0.3) is 11.1 Å². The van der Waals surface area contributed by atoms with Crippen LogP contribution in [-0.4, -0.2) is 59.9 Å². The lowest BCUT2D eigenvalue weighted by Gasteiger charge is -2.26. The summed E-state index contributed by atoms with van der Waals surface area (Å²) < 4.78 is 46.4. The number of aliphatic carboxylic acids is 1. The van der Waals surface area contributed by atoms with Crippen LogP contribution in [0.1, 0.15) is 29.9 Å². The van der Waals surface area contributed by atoms with Gasteiger partial charge in [0.25, 0.3) is 5.91 Å². The van der Waals surface area contributed by atoms with Gasteiger partial charge < -0.3 is 20.1 Å². The molecule has 5 rings (SSSR count). The van der Waals surface area contributed by atoms with Crippen molar-refractivity contribution in [1.82, 2.24) is 10.2 Å². The first-order chi connectivity index (χ1) is 16.6. The van der Waals surface area contributed by atoms with Gasteiger partial charge in [0.05, 0.1) is 5.92 Å². The molecule has 184 valence electrons. The van der Waals surface area contributed by atoms with Gasteiger partial charge in [0.1, 0.15) is 6.61 Å². The van der Waals surface area contributed by atoms with Crippen LogP contribution in [0, 0.1) is 11.3 Å². The van der Waals surface area contributed by atoms with Gasteiger partial charge in [-0.15, -0.1) is 0 Å². The van der Waals surface area contributed by atoms with E-state index in [1.54, 1.807) is 5.32 Å². The van der Waals surface area contributed by atoms with Gasteiger partial charge >= 0.3 is 18.2 Å². The number of halogens is 3. The maximum Gasteiger partial charge on any atom is 0.417 e. The maximum atomic E-state index is 13.7. The lowest BCUT2D eigenvalue weighted by Crippen LogP contribution is -2.56. The number of ether oxygens (including phenoxy) is 1. The average Bonchev–Trinajstić information content (AvgIpc) is 3.36. The predicted molar refractivity (Wildman–Crippen MR) is 117 cm³/mol. The average molecular weight is 488 g/mol. The molecule has 3 aliphatic rings. The highest BCUT2D eigenvalue weighted by atomic mass is 19.4. The van der Waals surface area contributed by atoms with Crippen LogP contribution >= 0.6 is 0 Å². The molecule has 35 heavy (non-hydrogen) atoms. The van der Waals surface area contributed by atoms with Gasteiger partial charge in [0.15, 0.2) is 0 Å². The summed E-state index contributed by atoms with van der Waals surface area (Å²) in [7, 11) is 0. The Kier molecular flexibility index (Phi) is 5.49. The van der Waals surface area contributed by atoms with Crippen molar-refractivity contribution < 1.29 is 37.4 Å². The van der Waals surface area contributed by atoms with E-state index >= 15 is 0 Å². The van der Waals surface area contributed by atoms with Crippen LogP contribution in [0.2, 0.25) is 0 Å². The standard InChI is InChI=1S/C25H23F3N2O5/c26-25(27,28)20(21(31)30-11-19(22(32)33)24(13-30)9-10-24)29-23(34)35-12-18-16-7-3-1-5-14(16)15-6-2-4-8-17(15)18/h1-8,18-20H,9-13H2,(H,29,34)(H,32,33). The lowest BCUT2D eigenvalue weighted by molar-refractivity contribution is -0.174. The summed E-state index contributed by atoms with van der Waals surface area (Å²) in [4.78, 5) is 37.6. The number of alkyl halides is 3. The number of likely N-dealkylation sites (tertiary alicyclic amines) is 1. The SMILES string of the molecule is O=C(NC(C(=O)N1CC(C(=O)O)C2(CC2)C1)C(F)(F)F)OCC1c2ccccc2-c2ccccc21. The molecular weight excluding hydrogens is 465 g/mol. The molecule has 0 radical (unpaired) electrons. The van der Waals surface area contributed by atoms with Crippen molar-refractivity contribution in [3.05, 3.63) is 59.7 Å². The lowest BCUT2D eigenvalue weighted by atomic mass is 9.93. The van der Waals surface area contributed by atoms with Crippen LogP contribution in [0.4, 0.5) is 18.0 Å². The van der Waals surface area contributed by atoms with E-state index < -0.39 is 41.5 Å². The fourth-order valence-electron chi connectivity index (χ4n) is 5.37. The van der Waals surface area contributed by atoms with Crippen molar-refractivity contribution in [3.8, 4) is 11.1 Å². The van der Waals surface area contributed by atoms with Gasteiger partial charge in [0.2, 0.25) is 6.04 Å². The van der Waals surface area contributed by atoms with E-state index in [9.17, 15) is 32.7 Å². The van der Waals surface area contributed by atoms with Crippen molar-refractivity contribution in [2.45, 2.75) is 31.0 Å². The maximum absolute atomic E-state index is 13.7. The molecule has 1 aliphatic heterocycles. The minimum Gasteiger partial charge on any atom is -0.481 e. The van der Waals surface area contributed by atoms with Gasteiger partial charge in [-0.2, -0.15) is 13.2 Å². The number of fused-ring (bicyclic) bond motifs is 3. The minimum absolute atomic E-state index is 0.0677. The zero-order chi connectivity index (χ0) is 25.0. The van der Waals surface area contributed by atoms with Gasteiger partial charge in [-0.3, -0.25) is 9.59 Å². The Morgan fingerprint density at radius 2 is 1.63 bits per heavy atom. The third-order valence-corrected chi connectivity index (χ3v) is 7.33. The molecule has 2 unspecified atom stereocenters. The summed E-state index contributed by atoms with van der Waals surface area (Å²) in [5.41, 5.74) is 3.07. The van der Waals surface area contributed by atoms with Gasteiger partial charge in [-0.1, -0.05) is 48.5 Å². The molecule has 2 N–H and O–H groups in total. The number of hydrogen-bond acceptors (Lipinski definition) is 4. The zero-order valence-corrected chi connectivity index (χ0v) is 18.5. The van der Waals surface area contributed by atoms with E-state index in [0.29, 0.717) is 12.8 Å². The summed E-state index contributed by atoms with van der Waals surface area (Å²) in [5.74, 6) is -3.76. The Bertz CT molecular complexity index is 1150. The first-order valence-corrected chi connectivity index (χ1v) is 11.3. The van der Waals surface area contributed by atoms with E-state index in [-0.39, 0.29) is 25.6 Å². The Morgan fingerprint density at radius 1 is 1.06 bits per heavy atom. The van der Waals surface area contributed by atoms with Crippen LogP contribution in [0.3, 0.4) is 0 Å². The highest BCUT2D eigenvalue weighted by Crippen LogP contribution is 2.56. The van der Waals surface area contributed by atoms with E-state index in [1.165, 1.54) is 0 Å². The van der Waals surface area contributed by atoms with Crippen LogP contribution < -0.4 is 5.32 Å². The van der Waals surface area contributed by atoms with Gasteiger partial charge in [0, 0.05) is 24.4 Å². The first kappa shape index (κ1) is 23.2. The molecule has 7 nitrogen and oxygen atoms in total. The molecule has 2 amide bonds. The fourth-order valence-corrected chi connectivity index (χ4v) is 5.37. The normalized spacial score (nSPS) is 20.8. The highest BCUT2D eigenvalue weighted by Gasteiger charge is 2.60. The third kappa shape index (κ3) is 4.11. The molecule has 1 saturated heterocycles. The predicted octanol–water partition coefficient (Wildman–Crippen LogP) is 3.78. The Labute approximate surface area is 198 Å². The van der Waals surface area contributed by atoms with E-state index in [2.05, 4.69) is 0 Å². The van der Waals surface area contributed by atoms with Crippen LogP contribution in [0.5, 0.6) is 0 Å². The second kappa shape index (κ2) is 8.28. The molecule has 2 atom stereocenters. The Hall–Kier alpha value is -3.56.